The van der Waals surface area contributed by atoms with Gasteiger partial charge in [-0.15, -0.1) is 11.6 Å². The van der Waals surface area contributed by atoms with Crippen molar-refractivity contribution in [2.24, 2.45) is 0 Å². The second-order valence-electron chi connectivity index (χ2n) is 4.78. The van der Waals surface area contributed by atoms with Crippen LogP contribution in [0.3, 0.4) is 0 Å². The number of nitrogens with zero attached hydrogens (tertiary/aromatic N) is 2. The summed E-state index contributed by atoms with van der Waals surface area (Å²) in [4.78, 5) is 0. The van der Waals surface area contributed by atoms with Crippen LogP contribution >= 0.6 is 11.6 Å². The van der Waals surface area contributed by atoms with Gasteiger partial charge in [-0.25, -0.2) is 0 Å². The molecule has 0 aliphatic heterocycles. The summed E-state index contributed by atoms with van der Waals surface area (Å²) in [5.41, 5.74) is 1.93. The molecule has 1 aromatic heterocycles. The molecule has 0 saturated carbocycles. The monoisotopic (exact) mass is 309 g/mol. The molecule has 0 saturated heterocycles. The summed E-state index contributed by atoms with van der Waals surface area (Å²) in [6, 6.07) is 9.58. The lowest BCUT2D eigenvalue weighted by Crippen LogP contribution is -2.20. The maximum absolute atomic E-state index is 9.37. The van der Waals surface area contributed by atoms with Crippen molar-refractivity contribution in [1.82, 2.24) is 9.78 Å². The lowest BCUT2D eigenvalue weighted by atomic mass is 10.3. The van der Waals surface area contributed by atoms with Gasteiger partial charge in [0.1, 0.15) is 12.4 Å². The van der Waals surface area contributed by atoms with E-state index < -0.39 is 6.10 Å². The second-order valence-corrected chi connectivity index (χ2v) is 5.09. The first-order valence-corrected chi connectivity index (χ1v) is 7.41. The molecule has 0 aliphatic carbocycles. The third kappa shape index (κ3) is 5.28. The van der Waals surface area contributed by atoms with Gasteiger partial charge in [-0.2, -0.15) is 5.10 Å². The summed E-state index contributed by atoms with van der Waals surface area (Å²) in [5.74, 6) is 1.03. The number of aromatic nitrogens is 2. The Balaban J connectivity index is 1.74. The number of anilines is 1. The van der Waals surface area contributed by atoms with E-state index in [1.165, 1.54) is 0 Å². The number of benzene rings is 1. The quantitative estimate of drug-likeness (QED) is 0.735. The molecule has 0 spiro atoms. The van der Waals surface area contributed by atoms with Crippen molar-refractivity contribution >= 4 is 17.3 Å². The highest BCUT2D eigenvalue weighted by Gasteiger charge is 2.01. The number of aryl methyl sites for hydroxylation is 1. The normalized spacial score (nSPS) is 12.1. The van der Waals surface area contributed by atoms with Crippen LogP contribution in [0.4, 0.5) is 5.69 Å². The number of aliphatic hydroxyl groups excluding tert-OH is 1. The van der Waals surface area contributed by atoms with Gasteiger partial charge in [0.25, 0.3) is 0 Å². The molecular weight excluding hydrogens is 290 g/mol. The van der Waals surface area contributed by atoms with Crippen molar-refractivity contribution in [1.29, 1.82) is 0 Å². The third-order valence-electron chi connectivity index (χ3n) is 2.94. The lowest BCUT2D eigenvalue weighted by Gasteiger charge is -2.11. The molecule has 0 aliphatic rings. The van der Waals surface area contributed by atoms with Gasteiger partial charge in [0.05, 0.1) is 24.2 Å². The van der Waals surface area contributed by atoms with Crippen LogP contribution in [0.15, 0.2) is 36.5 Å². The lowest BCUT2D eigenvalue weighted by molar-refractivity contribution is 0.211. The van der Waals surface area contributed by atoms with Gasteiger partial charge >= 0.3 is 0 Å². The molecule has 0 fully saturated rings. The molecule has 114 valence electrons. The molecule has 2 aromatic rings. The maximum Gasteiger partial charge on any atom is 0.119 e. The number of hydrogen-bond donors (Lipinski definition) is 2. The number of halogens is 1. The van der Waals surface area contributed by atoms with E-state index in [1.807, 2.05) is 48.1 Å². The molecule has 2 rings (SSSR count). The topological polar surface area (TPSA) is 59.3 Å². The van der Waals surface area contributed by atoms with Gasteiger partial charge in [0.2, 0.25) is 0 Å². The van der Waals surface area contributed by atoms with Crippen molar-refractivity contribution in [3.05, 3.63) is 42.2 Å². The molecule has 0 radical (unpaired) electrons. The molecule has 1 heterocycles. The number of nitrogens with one attached hydrogen (secondary N) is 1. The van der Waals surface area contributed by atoms with E-state index in [2.05, 4.69) is 10.4 Å². The van der Waals surface area contributed by atoms with E-state index in [1.54, 1.807) is 0 Å². The summed E-state index contributed by atoms with van der Waals surface area (Å²) in [6.45, 7) is 3.68. The highest BCUT2D eigenvalue weighted by atomic mass is 35.5. The molecule has 5 nitrogen and oxygen atoms in total. The van der Waals surface area contributed by atoms with Crippen LogP contribution in [-0.4, -0.2) is 40.0 Å². The number of rotatable bonds is 8. The highest BCUT2D eigenvalue weighted by molar-refractivity contribution is 6.18. The zero-order valence-electron chi connectivity index (χ0n) is 12.0. The minimum absolute atomic E-state index is 0.223. The zero-order valence-corrected chi connectivity index (χ0v) is 12.8. The molecule has 1 atom stereocenters. The third-order valence-corrected chi connectivity index (χ3v) is 3.29. The molecule has 0 bridgehead atoms. The van der Waals surface area contributed by atoms with Crippen LogP contribution < -0.4 is 10.1 Å². The van der Waals surface area contributed by atoms with Gasteiger partial charge in [0.15, 0.2) is 0 Å². The number of aliphatic hydroxyl groups is 1. The summed E-state index contributed by atoms with van der Waals surface area (Å²) in [6.07, 6.45) is 1.40. The Morgan fingerprint density at radius 3 is 2.71 bits per heavy atom. The first-order chi connectivity index (χ1) is 10.2. The highest BCUT2D eigenvalue weighted by Crippen LogP contribution is 2.15. The average Bonchev–Trinajstić information content (AvgIpc) is 2.91. The smallest absolute Gasteiger partial charge is 0.119 e. The van der Waals surface area contributed by atoms with Crippen LogP contribution in [0.1, 0.15) is 5.69 Å². The average molecular weight is 310 g/mol. The summed E-state index contributed by atoms with van der Waals surface area (Å²) >= 11 is 5.54. The molecule has 6 heteroatoms. The van der Waals surface area contributed by atoms with E-state index in [0.717, 1.165) is 23.7 Å². The van der Waals surface area contributed by atoms with E-state index in [9.17, 15) is 5.11 Å². The molecular formula is C15H20ClN3O2. The fraction of sp³-hybridized carbons (Fsp3) is 0.400. The summed E-state index contributed by atoms with van der Waals surface area (Å²) < 4.78 is 7.52. The van der Waals surface area contributed by atoms with Crippen LogP contribution in [0, 0.1) is 6.92 Å². The van der Waals surface area contributed by atoms with Gasteiger partial charge in [-0.1, -0.05) is 0 Å². The maximum atomic E-state index is 9.37. The predicted molar refractivity (Wildman–Crippen MR) is 84.1 cm³/mol. The van der Waals surface area contributed by atoms with Gasteiger partial charge in [-0.3, -0.25) is 4.68 Å². The van der Waals surface area contributed by atoms with Crippen molar-refractivity contribution in [3.8, 4) is 5.75 Å². The fourth-order valence-corrected chi connectivity index (χ4v) is 1.91. The number of ether oxygens (including phenoxy) is 1. The largest absolute Gasteiger partial charge is 0.492 e. The molecule has 1 unspecified atom stereocenters. The number of hydrogen-bond acceptors (Lipinski definition) is 4. The Labute approximate surface area is 129 Å². The van der Waals surface area contributed by atoms with Crippen molar-refractivity contribution < 1.29 is 9.84 Å². The van der Waals surface area contributed by atoms with Crippen LogP contribution in [0.2, 0.25) is 0 Å². The van der Waals surface area contributed by atoms with Gasteiger partial charge in [-0.05, 0) is 37.3 Å². The standard InChI is InChI=1S/C15H20ClN3O2/c1-12-6-7-19(18-12)8-9-21-15-4-2-13(3-5-15)17-11-14(20)10-16/h2-7,14,17,20H,8-11H2,1H3. The zero-order chi connectivity index (χ0) is 15.1. The second kappa shape index (κ2) is 7.90. The van der Waals surface area contributed by atoms with E-state index in [4.69, 9.17) is 16.3 Å². The first-order valence-electron chi connectivity index (χ1n) is 6.88. The van der Waals surface area contributed by atoms with E-state index >= 15 is 0 Å². The summed E-state index contributed by atoms with van der Waals surface area (Å²) in [7, 11) is 0. The van der Waals surface area contributed by atoms with Crippen molar-refractivity contribution in [2.75, 3.05) is 24.3 Å². The number of alkyl halides is 1. The SMILES string of the molecule is Cc1ccn(CCOc2ccc(NCC(O)CCl)cc2)n1. The van der Waals surface area contributed by atoms with Crippen LogP contribution in [-0.2, 0) is 6.54 Å². The van der Waals surface area contributed by atoms with E-state index in [0.29, 0.717) is 13.2 Å². The molecule has 1 aromatic carbocycles. The van der Waals surface area contributed by atoms with Crippen molar-refractivity contribution in [2.45, 2.75) is 19.6 Å². The Morgan fingerprint density at radius 1 is 1.33 bits per heavy atom. The van der Waals surface area contributed by atoms with Gasteiger partial charge < -0.3 is 15.2 Å². The minimum Gasteiger partial charge on any atom is -0.492 e. The molecule has 21 heavy (non-hydrogen) atoms. The molecule has 2 N–H and O–H groups in total. The Morgan fingerprint density at radius 2 is 2.10 bits per heavy atom. The van der Waals surface area contributed by atoms with Crippen LogP contribution in [0.5, 0.6) is 5.75 Å². The Hall–Kier alpha value is -1.72. The summed E-state index contributed by atoms with van der Waals surface area (Å²) in [5, 5.41) is 16.8. The van der Waals surface area contributed by atoms with Crippen molar-refractivity contribution in [3.63, 3.8) is 0 Å². The van der Waals surface area contributed by atoms with E-state index in [-0.39, 0.29) is 5.88 Å². The fourth-order valence-electron chi connectivity index (χ4n) is 1.80. The molecule has 0 amide bonds. The predicted octanol–water partition coefficient (Wildman–Crippen LogP) is 2.28. The van der Waals surface area contributed by atoms with Gasteiger partial charge in [0, 0.05) is 18.4 Å². The Bertz CT molecular complexity index is 542. The van der Waals surface area contributed by atoms with Crippen LogP contribution in [0.25, 0.3) is 0 Å². The first kappa shape index (κ1) is 15.7. The Kier molecular flexibility index (Phi) is 5.90. The minimum atomic E-state index is -0.542.